The summed E-state index contributed by atoms with van der Waals surface area (Å²) in [5, 5.41) is 19.0. The number of carboxylic acid groups (broad SMARTS) is 1. The Balaban J connectivity index is 0.000000361. The average Bonchev–Trinajstić information content (AvgIpc) is 2.34. The Bertz CT molecular complexity index is 397. The molecule has 0 aromatic heterocycles. The van der Waals surface area contributed by atoms with Crippen molar-refractivity contribution < 1.29 is 19.5 Å². The number of quaternary nitrogens is 1. The number of hydrogen-bond acceptors (Lipinski definition) is 2. The summed E-state index contributed by atoms with van der Waals surface area (Å²) < 4.78 is 1.11. The minimum absolute atomic E-state index is 0.178. The normalized spacial score (nSPS) is 10.6. The molecule has 0 radical (unpaired) electrons. The van der Waals surface area contributed by atoms with E-state index in [0.717, 1.165) is 4.48 Å². The van der Waals surface area contributed by atoms with Crippen molar-refractivity contribution in [2.45, 2.75) is 32.6 Å². The molecule has 0 heterocycles. The molecular formula is C16H27NO3. The van der Waals surface area contributed by atoms with Crippen molar-refractivity contribution >= 4 is 5.97 Å². The molecular weight excluding hydrogens is 254 g/mol. The van der Waals surface area contributed by atoms with Gasteiger partial charge >= 0.3 is 5.97 Å². The molecule has 1 rings (SSSR count). The standard InChI is InChI=1S/C9H22N.C7H6O3/c1-5-6-7-8-9-10(2,3)4;8-6-4-2-1-3-5(6)7(9)10/h5-9H2,1-4H3;1-4,8H,(H,9,10)/q+1;/p-1. The Hall–Kier alpha value is -1.55. The van der Waals surface area contributed by atoms with Gasteiger partial charge in [-0.15, -0.1) is 0 Å². The van der Waals surface area contributed by atoms with Gasteiger partial charge in [0, 0.05) is 0 Å². The first-order valence-electron chi connectivity index (χ1n) is 7.07. The molecule has 0 saturated heterocycles. The van der Waals surface area contributed by atoms with Crippen molar-refractivity contribution in [1.82, 2.24) is 0 Å². The summed E-state index contributed by atoms with van der Waals surface area (Å²) in [6.45, 7) is 3.58. The van der Waals surface area contributed by atoms with Crippen LogP contribution in [0.3, 0.4) is 0 Å². The number of unbranched alkanes of at least 4 members (excludes halogenated alkanes) is 3. The minimum Gasteiger partial charge on any atom is -0.872 e. The van der Waals surface area contributed by atoms with E-state index in [-0.39, 0.29) is 5.56 Å². The third-order valence-corrected chi connectivity index (χ3v) is 2.80. The summed E-state index contributed by atoms with van der Waals surface area (Å²) in [5.74, 6) is -1.62. The Kier molecular flexibility index (Phi) is 8.64. The van der Waals surface area contributed by atoms with Gasteiger partial charge in [-0.05, 0) is 18.9 Å². The van der Waals surface area contributed by atoms with Crippen LogP contribution >= 0.6 is 0 Å². The van der Waals surface area contributed by atoms with E-state index >= 15 is 0 Å². The van der Waals surface area contributed by atoms with Crippen molar-refractivity contribution in [1.29, 1.82) is 0 Å². The predicted molar refractivity (Wildman–Crippen MR) is 79.9 cm³/mol. The zero-order valence-electron chi connectivity index (χ0n) is 13.1. The fourth-order valence-corrected chi connectivity index (χ4v) is 1.66. The van der Waals surface area contributed by atoms with Gasteiger partial charge in [-0.3, -0.25) is 0 Å². The molecule has 1 aromatic rings. The lowest BCUT2D eigenvalue weighted by Gasteiger charge is -2.23. The molecule has 1 N–H and O–H groups in total. The summed E-state index contributed by atoms with van der Waals surface area (Å²) in [5.41, 5.74) is -0.178. The van der Waals surface area contributed by atoms with E-state index in [1.165, 1.54) is 56.5 Å². The summed E-state index contributed by atoms with van der Waals surface area (Å²) in [6, 6.07) is 5.54. The number of benzene rings is 1. The highest BCUT2D eigenvalue weighted by Crippen LogP contribution is 2.10. The van der Waals surface area contributed by atoms with Crippen LogP contribution in [0, 0.1) is 0 Å². The smallest absolute Gasteiger partial charge is 0.335 e. The second kappa shape index (κ2) is 9.37. The molecule has 0 saturated carbocycles. The lowest BCUT2D eigenvalue weighted by atomic mass is 10.2. The fraction of sp³-hybridized carbons (Fsp3) is 0.562. The molecule has 114 valence electrons. The Morgan fingerprint density at radius 1 is 1.15 bits per heavy atom. The van der Waals surface area contributed by atoms with Crippen LogP contribution in [0.5, 0.6) is 5.75 Å². The Morgan fingerprint density at radius 3 is 2.15 bits per heavy atom. The molecule has 4 heteroatoms. The van der Waals surface area contributed by atoms with E-state index in [4.69, 9.17) is 5.11 Å². The van der Waals surface area contributed by atoms with E-state index in [9.17, 15) is 9.90 Å². The molecule has 0 amide bonds. The molecule has 0 atom stereocenters. The maximum Gasteiger partial charge on any atom is 0.335 e. The SMILES string of the molecule is CCCCCC[N+](C)(C)C.O=C(O)c1ccccc1[O-]. The van der Waals surface area contributed by atoms with Crippen LogP contribution in [0.1, 0.15) is 43.0 Å². The Labute approximate surface area is 122 Å². The molecule has 4 nitrogen and oxygen atoms in total. The summed E-state index contributed by atoms with van der Waals surface area (Å²) in [4.78, 5) is 10.2. The van der Waals surface area contributed by atoms with Crippen molar-refractivity contribution in [3.63, 3.8) is 0 Å². The molecule has 0 bridgehead atoms. The van der Waals surface area contributed by atoms with Gasteiger partial charge in [0.05, 0.1) is 33.3 Å². The summed E-state index contributed by atoms with van der Waals surface area (Å²) in [7, 11) is 6.77. The fourth-order valence-electron chi connectivity index (χ4n) is 1.66. The number of carbonyl (C=O) groups is 1. The van der Waals surface area contributed by atoms with Gasteiger partial charge in [-0.1, -0.05) is 43.7 Å². The van der Waals surface area contributed by atoms with Crippen molar-refractivity contribution in [3.8, 4) is 5.75 Å². The molecule has 0 aliphatic rings. The van der Waals surface area contributed by atoms with Gasteiger partial charge < -0.3 is 14.7 Å². The van der Waals surface area contributed by atoms with Crippen LogP contribution in [0.2, 0.25) is 0 Å². The maximum atomic E-state index is 10.7. The third kappa shape index (κ3) is 9.39. The van der Waals surface area contributed by atoms with Gasteiger partial charge in [-0.2, -0.15) is 0 Å². The number of aromatic carboxylic acids is 1. The van der Waals surface area contributed by atoms with Crippen LogP contribution in [0.15, 0.2) is 24.3 Å². The van der Waals surface area contributed by atoms with Gasteiger partial charge in [0.15, 0.2) is 0 Å². The van der Waals surface area contributed by atoms with Crippen LogP contribution < -0.4 is 5.11 Å². The molecule has 0 aliphatic carbocycles. The first-order chi connectivity index (χ1) is 9.28. The maximum absolute atomic E-state index is 10.7. The zero-order chi connectivity index (χ0) is 15.6. The lowest BCUT2D eigenvalue weighted by molar-refractivity contribution is -0.870. The molecule has 0 aliphatic heterocycles. The van der Waals surface area contributed by atoms with E-state index < -0.39 is 11.7 Å². The zero-order valence-corrected chi connectivity index (χ0v) is 13.1. The second-order valence-electron chi connectivity index (χ2n) is 5.88. The van der Waals surface area contributed by atoms with Crippen molar-refractivity contribution in [2.75, 3.05) is 27.7 Å². The number of hydrogen-bond donors (Lipinski definition) is 1. The number of rotatable bonds is 6. The van der Waals surface area contributed by atoms with Crippen LogP contribution in [-0.2, 0) is 0 Å². The molecule has 20 heavy (non-hydrogen) atoms. The third-order valence-electron chi connectivity index (χ3n) is 2.80. The van der Waals surface area contributed by atoms with Crippen LogP contribution in [-0.4, -0.2) is 43.2 Å². The number of nitrogens with zero attached hydrogens (tertiary/aromatic N) is 1. The highest BCUT2D eigenvalue weighted by Gasteiger charge is 2.04. The topological polar surface area (TPSA) is 60.4 Å². The van der Waals surface area contributed by atoms with Crippen LogP contribution in [0.25, 0.3) is 0 Å². The predicted octanol–water partition coefficient (Wildman–Crippen LogP) is 2.73. The lowest BCUT2D eigenvalue weighted by Crippen LogP contribution is -2.35. The first kappa shape index (κ1) is 18.4. The molecule has 0 fully saturated rings. The van der Waals surface area contributed by atoms with Gasteiger partial charge in [0.1, 0.15) is 0 Å². The van der Waals surface area contributed by atoms with E-state index in [1.807, 2.05) is 0 Å². The van der Waals surface area contributed by atoms with E-state index in [1.54, 1.807) is 0 Å². The largest absolute Gasteiger partial charge is 0.872 e. The first-order valence-corrected chi connectivity index (χ1v) is 7.07. The van der Waals surface area contributed by atoms with Crippen LogP contribution in [0.4, 0.5) is 0 Å². The highest BCUT2D eigenvalue weighted by atomic mass is 16.4. The van der Waals surface area contributed by atoms with Gasteiger partial charge in [0.25, 0.3) is 0 Å². The molecule has 0 unspecified atom stereocenters. The minimum atomic E-state index is -1.18. The van der Waals surface area contributed by atoms with Crippen molar-refractivity contribution in [2.24, 2.45) is 0 Å². The summed E-state index contributed by atoms with van der Waals surface area (Å²) in [6.07, 6.45) is 5.54. The number of para-hydroxylation sites is 1. The quantitative estimate of drug-likeness (QED) is 0.644. The van der Waals surface area contributed by atoms with Gasteiger partial charge in [-0.25, -0.2) is 4.79 Å². The molecule has 1 aromatic carbocycles. The van der Waals surface area contributed by atoms with E-state index in [0.29, 0.717) is 0 Å². The molecule has 0 spiro atoms. The second-order valence-corrected chi connectivity index (χ2v) is 5.88. The van der Waals surface area contributed by atoms with Crippen molar-refractivity contribution in [3.05, 3.63) is 29.8 Å². The van der Waals surface area contributed by atoms with Gasteiger partial charge in [0.2, 0.25) is 0 Å². The highest BCUT2D eigenvalue weighted by molar-refractivity contribution is 5.90. The number of carboxylic acids is 1. The summed E-state index contributed by atoms with van der Waals surface area (Å²) >= 11 is 0. The monoisotopic (exact) mass is 281 g/mol. The average molecular weight is 281 g/mol. The Morgan fingerprint density at radius 2 is 1.75 bits per heavy atom. The van der Waals surface area contributed by atoms with E-state index in [2.05, 4.69) is 28.1 Å².